The summed E-state index contributed by atoms with van der Waals surface area (Å²) in [6.07, 6.45) is 3.36. The summed E-state index contributed by atoms with van der Waals surface area (Å²) >= 11 is 0. The molecule has 1 aromatic rings. The number of nitrogens with one attached hydrogen (secondary N) is 1. The average molecular weight is 325 g/mol. The van der Waals surface area contributed by atoms with Gasteiger partial charge in [0.25, 0.3) is 0 Å². The minimum absolute atomic E-state index is 0.224. The van der Waals surface area contributed by atoms with Crippen LogP contribution in [-0.2, 0) is 14.4 Å². The Morgan fingerprint density at radius 1 is 1.25 bits per heavy atom. The van der Waals surface area contributed by atoms with Gasteiger partial charge in [-0.1, -0.05) is 18.9 Å². The molecule has 1 aliphatic heterocycles. The number of hydrogen-bond acceptors (Lipinski definition) is 4. The minimum atomic E-state index is -0.860. The number of hydrogen-bond donors (Lipinski definition) is 1. The van der Waals surface area contributed by atoms with E-state index in [2.05, 4.69) is 5.32 Å². The maximum atomic E-state index is 12.5. The van der Waals surface area contributed by atoms with E-state index in [0.29, 0.717) is 11.3 Å². The number of nitriles is 1. The SMILES string of the molecule is CC(C(=O)Nc1cccc(C#N)c1)N1C(=O)C2CCCCC2C1=O. The first kappa shape index (κ1) is 16.2. The lowest BCUT2D eigenvalue weighted by Gasteiger charge is -2.22. The molecule has 0 bridgehead atoms. The predicted octanol–water partition coefficient (Wildman–Crippen LogP) is 2.06. The predicted molar refractivity (Wildman–Crippen MR) is 86.5 cm³/mol. The van der Waals surface area contributed by atoms with Crippen LogP contribution in [0.4, 0.5) is 5.69 Å². The molecule has 0 spiro atoms. The largest absolute Gasteiger partial charge is 0.324 e. The number of likely N-dealkylation sites (tertiary alicyclic amines) is 1. The van der Waals surface area contributed by atoms with Crippen molar-refractivity contribution in [2.45, 2.75) is 38.6 Å². The van der Waals surface area contributed by atoms with Crippen LogP contribution in [-0.4, -0.2) is 28.7 Å². The molecule has 1 N–H and O–H groups in total. The third-order valence-electron chi connectivity index (χ3n) is 4.90. The molecule has 1 saturated carbocycles. The third kappa shape index (κ3) is 2.78. The Bertz CT molecular complexity index is 713. The van der Waals surface area contributed by atoms with Crippen LogP contribution >= 0.6 is 0 Å². The number of carbonyl (C=O) groups excluding carboxylic acids is 3. The van der Waals surface area contributed by atoms with Crippen LogP contribution in [0.25, 0.3) is 0 Å². The summed E-state index contributed by atoms with van der Waals surface area (Å²) in [6.45, 7) is 1.57. The molecule has 2 aliphatic rings. The molecule has 1 heterocycles. The molecule has 1 aliphatic carbocycles. The van der Waals surface area contributed by atoms with Crippen molar-refractivity contribution < 1.29 is 14.4 Å². The quantitative estimate of drug-likeness (QED) is 0.861. The standard InChI is InChI=1S/C18H19N3O3/c1-11(16(22)20-13-6-4-5-12(9-13)10-19)21-17(23)14-7-2-3-8-15(14)18(21)24/h4-6,9,11,14-15H,2-3,7-8H2,1H3,(H,20,22). The summed E-state index contributed by atoms with van der Waals surface area (Å²) in [5, 5.41) is 11.6. The fourth-order valence-electron chi connectivity index (χ4n) is 3.60. The van der Waals surface area contributed by atoms with Gasteiger partial charge in [0, 0.05) is 5.69 Å². The molecule has 0 radical (unpaired) electrons. The summed E-state index contributed by atoms with van der Waals surface area (Å²) < 4.78 is 0. The Labute approximate surface area is 140 Å². The number of benzene rings is 1. The van der Waals surface area contributed by atoms with E-state index in [4.69, 9.17) is 5.26 Å². The highest BCUT2D eigenvalue weighted by atomic mass is 16.2. The monoisotopic (exact) mass is 325 g/mol. The summed E-state index contributed by atoms with van der Waals surface area (Å²) in [5.74, 6) is -1.39. The van der Waals surface area contributed by atoms with Crippen LogP contribution in [0, 0.1) is 23.2 Å². The molecular formula is C18H19N3O3. The first-order valence-electron chi connectivity index (χ1n) is 8.21. The van der Waals surface area contributed by atoms with Gasteiger partial charge in [-0.2, -0.15) is 5.26 Å². The van der Waals surface area contributed by atoms with Gasteiger partial charge < -0.3 is 5.32 Å². The van der Waals surface area contributed by atoms with Crippen LogP contribution in [0.5, 0.6) is 0 Å². The molecule has 6 heteroatoms. The van der Waals surface area contributed by atoms with E-state index in [-0.39, 0.29) is 23.7 Å². The van der Waals surface area contributed by atoms with Gasteiger partial charge in [-0.3, -0.25) is 19.3 Å². The smallest absolute Gasteiger partial charge is 0.247 e. The van der Waals surface area contributed by atoms with Crippen molar-refractivity contribution >= 4 is 23.4 Å². The maximum absolute atomic E-state index is 12.5. The molecule has 3 unspecified atom stereocenters. The lowest BCUT2D eigenvalue weighted by molar-refractivity contribution is -0.146. The molecule has 0 aromatic heterocycles. The fraction of sp³-hybridized carbons (Fsp3) is 0.444. The van der Waals surface area contributed by atoms with E-state index < -0.39 is 11.9 Å². The molecule has 1 saturated heterocycles. The van der Waals surface area contributed by atoms with Crippen LogP contribution in [0.15, 0.2) is 24.3 Å². The highest BCUT2D eigenvalue weighted by molar-refractivity contribution is 6.09. The minimum Gasteiger partial charge on any atom is -0.324 e. The molecule has 24 heavy (non-hydrogen) atoms. The maximum Gasteiger partial charge on any atom is 0.247 e. The Morgan fingerprint density at radius 2 is 1.88 bits per heavy atom. The van der Waals surface area contributed by atoms with Crippen molar-refractivity contribution in [3.05, 3.63) is 29.8 Å². The third-order valence-corrected chi connectivity index (χ3v) is 4.90. The number of imide groups is 1. The van der Waals surface area contributed by atoms with Gasteiger partial charge in [-0.05, 0) is 38.0 Å². The van der Waals surface area contributed by atoms with Crippen molar-refractivity contribution in [1.29, 1.82) is 5.26 Å². The van der Waals surface area contributed by atoms with Crippen molar-refractivity contribution in [2.24, 2.45) is 11.8 Å². The summed E-state index contributed by atoms with van der Waals surface area (Å²) in [4.78, 5) is 38.6. The zero-order valence-corrected chi connectivity index (χ0v) is 13.5. The topological polar surface area (TPSA) is 90.3 Å². The number of anilines is 1. The van der Waals surface area contributed by atoms with Crippen LogP contribution in [0.2, 0.25) is 0 Å². The number of carbonyl (C=O) groups is 3. The highest BCUT2D eigenvalue weighted by Gasteiger charge is 2.50. The van der Waals surface area contributed by atoms with E-state index in [1.54, 1.807) is 31.2 Å². The molecule has 124 valence electrons. The molecule has 3 amide bonds. The Hall–Kier alpha value is -2.68. The van der Waals surface area contributed by atoms with E-state index in [0.717, 1.165) is 30.6 Å². The lowest BCUT2D eigenvalue weighted by atomic mass is 9.81. The zero-order valence-electron chi connectivity index (χ0n) is 13.5. The molecule has 2 fully saturated rings. The van der Waals surface area contributed by atoms with E-state index in [1.165, 1.54) is 0 Å². The van der Waals surface area contributed by atoms with Gasteiger partial charge in [0.15, 0.2) is 0 Å². The second kappa shape index (κ2) is 6.44. The van der Waals surface area contributed by atoms with Gasteiger partial charge in [-0.25, -0.2) is 0 Å². The van der Waals surface area contributed by atoms with Gasteiger partial charge in [0.2, 0.25) is 17.7 Å². The number of fused-ring (bicyclic) bond motifs is 1. The Morgan fingerprint density at radius 3 is 2.46 bits per heavy atom. The Balaban J connectivity index is 1.74. The fourth-order valence-corrected chi connectivity index (χ4v) is 3.60. The van der Waals surface area contributed by atoms with E-state index in [1.807, 2.05) is 6.07 Å². The van der Waals surface area contributed by atoms with Crippen LogP contribution in [0.3, 0.4) is 0 Å². The average Bonchev–Trinajstić information content (AvgIpc) is 2.86. The van der Waals surface area contributed by atoms with Gasteiger partial charge in [0.05, 0.1) is 23.5 Å². The number of amides is 3. The lowest BCUT2D eigenvalue weighted by Crippen LogP contribution is -2.46. The molecule has 3 rings (SSSR count). The van der Waals surface area contributed by atoms with Crippen molar-refractivity contribution in [1.82, 2.24) is 4.90 Å². The molecule has 3 atom stereocenters. The first-order valence-corrected chi connectivity index (χ1v) is 8.21. The zero-order chi connectivity index (χ0) is 17.3. The van der Waals surface area contributed by atoms with E-state index in [9.17, 15) is 14.4 Å². The Kier molecular flexibility index (Phi) is 4.34. The molecule has 1 aromatic carbocycles. The van der Waals surface area contributed by atoms with Crippen molar-refractivity contribution in [3.8, 4) is 6.07 Å². The summed E-state index contributed by atoms with van der Waals surface area (Å²) in [5.41, 5.74) is 0.905. The number of rotatable bonds is 3. The van der Waals surface area contributed by atoms with Gasteiger partial charge in [0.1, 0.15) is 6.04 Å². The normalized spacial score (nSPS) is 24.2. The van der Waals surface area contributed by atoms with Crippen molar-refractivity contribution in [3.63, 3.8) is 0 Å². The first-order chi connectivity index (χ1) is 11.5. The highest BCUT2D eigenvalue weighted by Crippen LogP contribution is 2.38. The van der Waals surface area contributed by atoms with Gasteiger partial charge in [-0.15, -0.1) is 0 Å². The summed E-state index contributed by atoms with van der Waals surface area (Å²) in [6, 6.07) is 7.66. The van der Waals surface area contributed by atoms with E-state index >= 15 is 0 Å². The number of nitrogens with zero attached hydrogens (tertiary/aromatic N) is 2. The summed E-state index contributed by atoms with van der Waals surface area (Å²) in [7, 11) is 0. The van der Waals surface area contributed by atoms with Crippen LogP contribution < -0.4 is 5.32 Å². The van der Waals surface area contributed by atoms with Crippen LogP contribution in [0.1, 0.15) is 38.2 Å². The van der Waals surface area contributed by atoms with Crippen molar-refractivity contribution in [2.75, 3.05) is 5.32 Å². The molecular weight excluding hydrogens is 306 g/mol. The second-order valence-electron chi connectivity index (χ2n) is 6.40. The van der Waals surface area contributed by atoms with Gasteiger partial charge >= 0.3 is 0 Å². The molecule has 6 nitrogen and oxygen atoms in total. The second-order valence-corrected chi connectivity index (χ2v) is 6.40.